The smallest absolute Gasteiger partial charge is 0.309 e. The molecule has 9 nitrogen and oxygen atoms in total. The fraction of sp³-hybridized carbons (Fsp3) is 0.500. The topological polar surface area (TPSA) is 117 Å². The van der Waals surface area contributed by atoms with E-state index in [9.17, 15) is 19.7 Å². The van der Waals surface area contributed by atoms with Gasteiger partial charge in [0.1, 0.15) is 5.69 Å². The minimum absolute atomic E-state index is 0.0459. The average molecular weight is 374 g/mol. The molecule has 1 aliphatic heterocycles. The molecule has 1 amide bonds. The Bertz CT molecular complexity index is 738. The normalized spacial score (nSPS) is 14.3. The predicted octanol–water partition coefficient (Wildman–Crippen LogP) is 1.73. The monoisotopic (exact) mass is 374 g/mol. The van der Waals surface area contributed by atoms with Crippen LogP contribution in [0.5, 0.6) is 0 Å². The lowest BCUT2D eigenvalue weighted by Crippen LogP contribution is -2.38. The Morgan fingerprint density at radius 3 is 2.67 bits per heavy atom. The lowest BCUT2D eigenvalue weighted by molar-refractivity contribution is -0.384. The van der Waals surface area contributed by atoms with E-state index in [2.05, 4.69) is 0 Å². The minimum Gasteiger partial charge on any atom is -0.455 e. The molecule has 9 heteroatoms. The third-order valence-corrected chi connectivity index (χ3v) is 4.57. The van der Waals surface area contributed by atoms with Crippen molar-refractivity contribution < 1.29 is 19.2 Å². The van der Waals surface area contributed by atoms with Gasteiger partial charge in [-0.05, 0) is 18.9 Å². The van der Waals surface area contributed by atoms with E-state index in [1.54, 1.807) is 25.2 Å². The summed E-state index contributed by atoms with van der Waals surface area (Å²) in [6.45, 7) is 0.952. The first-order valence-electron chi connectivity index (χ1n) is 8.70. The Morgan fingerprint density at radius 1 is 1.37 bits per heavy atom. The molecule has 1 aliphatic rings. The molecule has 2 rings (SSSR count). The molecule has 0 spiro atoms. The van der Waals surface area contributed by atoms with E-state index in [0.717, 1.165) is 0 Å². The average Bonchev–Trinajstić information content (AvgIpc) is 2.69. The number of esters is 1. The Morgan fingerprint density at radius 2 is 2.04 bits per heavy atom. The molecule has 0 aromatic heterocycles. The van der Waals surface area contributed by atoms with E-state index in [1.165, 1.54) is 11.0 Å². The molecule has 0 bridgehead atoms. The van der Waals surface area contributed by atoms with Crippen molar-refractivity contribution in [2.75, 3.05) is 38.2 Å². The molecule has 1 aromatic rings. The molecule has 0 unspecified atom stereocenters. The van der Waals surface area contributed by atoms with Gasteiger partial charge in [0, 0.05) is 32.7 Å². The fourth-order valence-electron chi connectivity index (χ4n) is 2.95. The van der Waals surface area contributed by atoms with E-state index in [-0.39, 0.29) is 30.5 Å². The van der Waals surface area contributed by atoms with Crippen LogP contribution in [0.1, 0.15) is 19.3 Å². The molecular weight excluding hydrogens is 352 g/mol. The van der Waals surface area contributed by atoms with Crippen molar-refractivity contribution in [1.82, 2.24) is 4.90 Å². The van der Waals surface area contributed by atoms with Gasteiger partial charge in [-0.25, -0.2) is 0 Å². The summed E-state index contributed by atoms with van der Waals surface area (Å²) in [5.74, 6) is -1.11. The second kappa shape index (κ2) is 9.52. The van der Waals surface area contributed by atoms with Gasteiger partial charge in [0.2, 0.25) is 0 Å². The summed E-state index contributed by atoms with van der Waals surface area (Å²) < 4.78 is 5.11. The van der Waals surface area contributed by atoms with E-state index in [0.29, 0.717) is 38.2 Å². The Balaban J connectivity index is 1.83. The molecule has 1 saturated heterocycles. The van der Waals surface area contributed by atoms with Crippen molar-refractivity contribution in [3.63, 3.8) is 0 Å². The summed E-state index contributed by atoms with van der Waals surface area (Å²) in [6.07, 6.45) is 1.23. The van der Waals surface area contributed by atoms with Crippen LogP contribution in [-0.2, 0) is 14.3 Å². The van der Waals surface area contributed by atoms with Crippen molar-refractivity contribution in [3.8, 4) is 6.07 Å². The molecular formula is C18H22N4O5. The number of nitriles is 1. The lowest BCUT2D eigenvalue weighted by atomic mass is 9.96. The number of benzene rings is 1. The van der Waals surface area contributed by atoms with E-state index in [4.69, 9.17) is 10.00 Å². The number of ether oxygens (including phenoxy) is 1. The fourth-order valence-corrected chi connectivity index (χ4v) is 2.95. The Labute approximate surface area is 157 Å². The second-order valence-corrected chi connectivity index (χ2v) is 6.34. The van der Waals surface area contributed by atoms with Crippen molar-refractivity contribution in [2.45, 2.75) is 19.3 Å². The number of anilines is 1. The molecule has 1 aromatic carbocycles. The molecule has 27 heavy (non-hydrogen) atoms. The van der Waals surface area contributed by atoms with Crippen LogP contribution in [0.25, 0.3) is 0 Å². The summed E-state index contributed by atoms with van der Waals surface area (Å²) in [7, 11) is 1.55. The summed E-state index contributed by atoms with van der Waals surface area (Å²) in [5, 5.41) is 19.7. The van der Waals surface area contributed by atoms with Gasteiger partial charge in [-0.3, -0.25) is 19.7 Å². The van der Waals surface area contributed by atoms with Crippen LogP contribution in [0.3, 0.4) is 0 Å². The number of carbonyl (C=O) groups excluding carboxylic acids is 2. The predicted molar refractivity (Wildman–Crippen MR) is 96.9 cm³/mol. The zero-order chi connectivity index (χ0) is 19.8. The maximum absolute atomic E-state index is 12.2. The number of nitro benzene ring substituents is 1. The van der Waals surface area contributed by atoms with Crippen molar-refractivity contribution in [3.05, 3.63) is 34.4 Å². The van der Waals surface area contributed by atoms with Gasteiger partial charge in [-0.15, -0.1) is 0 Å². The first-order valence-corrected chi connectivity index (χ1v) is 8.70. The Kier molecular flexibility index (Phi) is 7.11. The summed E-state index contributed by atoms with van der Waals surface area (Å²) in [4.78, 5) is 38.0. The summed E-state index contributed by atoms with van der Waals surface area (Å²) >= 11 is 0. The number of rotatable bonds is 7. The maximum Gasteiger partial charge on any atom is 0.309 e. The number of hydrogen-bond donors (Lipinski definition) is 0. The largest absolute Gasteiger partial charge is 0.455 e. The molecule has 0 saturated carbocycles. The van der Waals surface area contributed by atoms with E-state index < -0.39 is 10.9 Å². The molecule has 0 N–H and O–H groups in total. The lowest BCUT2D eigenvalue weighted by Gasteiger charge is -2.32. The van der Waals surface area contributed by atoms with Crippen LogP contribution in [0.2, 0.25) is 0 Å². The highest BCUT2D eigenvalue weighted by Crippen LogP contribution is 2.31. The van der Waals surface area contributed by atoms with E-state index in [1.807, 2.05) is 11.0 Å². The highest BCUT2D eigenvalue weighted by Gasteiger charge is 2.29. The van der Waals surface area contributed by atoms with Crippen molar-refractivity contribution >= 4 is 23.3 Å². The van der Waals surface area contributed by atoms with Gasteiger partial charge in [0.15, 0.2) is 6.61 Å². The molecule has 144 valence electrons. The van der Waals surface area contributed by atoms with Gasteiger partial charge in [0.05, 0.1) is 23.3 Å². The molecule has 1 heterocycles. The zero-order valence-corrected chi connectivity index (χ0v) is 15.2. The van der Waals surface area contributed by atoms with Crippen molar-refractivity contribution in [1.29, 1.82) is 5.26 Å². The third kappa shape index (κ3) is 5.41. The molecule has 0 radical (unpaired) electrons. The maximum atomic E-state index is 12.2. The minimum atomic E-state index is -0.431. The standard InChI is InChI=1S/C18H22N4O5/c1-20(10-4-9-19)17(23)13-27-18(24)14-7-11-21(12-8-14)15-5-2-3-6-16(15)22(25)26/h2-3,5-6,14H,4,7-8,10-13H2,1H3. The van der Waals surface area contributed by atoms with Crippen LogP contribution >= 0.6 is 0 Å². The van der Waals surface area contributed by atoms with Gasteiger partial charge >= 0.3 is 5.97 Å². The highest BCUT2D eigenvalue weighted by atomic mass is 16.6. The van der Waals surface area contributed by atoms with Gasteiger partial charge in [-0.2, -0.15) is 5.26 Å². The number of nitrogens with zero attached hydrogens (tertiary/aromatic N) is 4. The number of amides is 1. The second-order valence-electron chi connectivity index (χ2n) is 6.34. The number of para-hydroxylation sites is 2. The van der Waals surface area contributed by atoms with Gasteiger partial charge in [0.25, 0.3) is 11.6 Å². The third-order valence-electron chi connectivity index (χ3n) is 4.57. The first kappa shape index (κ1) is 20.2. The zero-order valence-electron chi connectivity index (χ0n) is 15.2. The summed E-state index contributed by atoms with van der Waals surface area (Å²) in [5.41, 5.74) is 0.591. The number of piperidine rings is 1. The molecule has 0 aliphatic carbocycles. The van der Waals surface area contributed by atoms with Crippen LogP contribution in [0.4, 0.5) is 11.4 Å². The van der Waals surface area contributed by atoms with Crippen molar-refractivity contribution in [2.24, 2.45) is 5.92 Å². The van der Waals surface area contributed by atoms with Gasteiger partial charge in [-0.1, -0.05) is 12.1 Å². The van der Waals surface area contributed by atoms with Gasteiger partial charge < -0.3 is 14.5 Å². The SMILES string of the molecule is CN(CCC#N)C(=O)COC(=O)C1CCN(c2ccccc2[N+](=O)[O-])CC1. The number of nitro groups is 1. The van der Waals surface area contributed by atoms with Crippen LogP contribution < -0.4 is 4.90 Å². The van der Waals surface area contributed by atoms with Crippen LogP contribution in [0.15, 0.2) is 24.3 Å². The Hall–Kier alpha value is -3.15. The van der Waals surface area contributed by atoms with E-state index >= 15 is 0 Å². The number of likely N-dealkylation sites (N-methyl/N-ethyl adjacent to an activating group) is 1. The molecule has 1 fully saturated rings. The first-order chi connectivity index (χ1) is 12.9. The highest BCUT2D eigenvalue weighted by molar-refractivity contribution is 5.81. The molecule has 0 atom stereocenters. The van der Waals surface area contributed by atoms with Crippen LogP contribution in [0, 0.1) is 27.4 Å². The number of carbonyl (C=O) groups is 2. The number of hydrogen-bond acceptors (Lipinski definition) is 7. The van der Waals surface area contributed by atoms with Crippen LogP contribution in [-0.4, -0.2) is 55.0 Å². The quantitative estimate of drug-likeness (QED) is 0.405. The summed E-state index contributed by atoms with van der Waals surface area (Å²) in [6, 6.07) is 8.48.